The second-order valence-corrected chi connectivity index (χ2v) is 6.88. The molecule has 0 aromatic carbocycles. The van der Waals surface area contributed by atoms with Crippen LogP contribution in [-0.4, -0.2) is 67.8 Å². The van der Waals surface area contributed by atoms with E-state index in [1.54, 1.807) is 4.90 Å². The normalized spacial score (nSPS) is 29.2. The summed E-state index contributed by atoms with van der Waals surface area (Å²) in [6.07, 6.45) is 7.58. The Morgan fingerprint density at radius 1 is 1.24 bits per heavy atom. The second kappa shape index (κ2) is 6.97. The number of ether oxygens (including phenoxy) is 1. The van der Waals surface area contributed by atoms with Crippen molar-refractivity contribution in [3.63, 3.8) is 0 Å². The molecule has 120 valence electrons. The molecule has 0 spiro atoms. The smallest absolute Gasteiger partial charge is 0.317 e. The molecule has 0 aromatic rings. The summed E-state index contributed by atoms with van der Waals surface area (Å²) in [4.78, 5) is 16.6. The fraction of sp³-hybridized carbons (Fsp3) is 0.938. The number of carbonyl (C=O) groups is 1. The molecule has 1 aliphatic carbocycles. The molecule has 2 amide bonds. The minimum absolute atomic E-state index is 0.0578. The number of fused-ring (bicyclic) bond motifs is 1. The molecule has 2 atom stereocenters. The standard InChI is InChI=1S/C16H29N3O2/c1-18(10-11-21-12-13-5-6-13)16(20)17-14-7-9-19-8-3-2-4-15(14)19/h13-15H,2-12H2,1H3,(H,17,20). The van der Waals surface area contributed by atoms with E-state index in [-0.39, 0.29) is 6.03 Å². The largest absolute Gasteiger partial charge is 0.379 e. The molecule has 0 aromatic heterocycles. The number of likely N-dealkylation sites (N-methyl/N-ethyl adjacent to an activating group) is 1. The fourth-order valence-corrected chi connectivity index (χ4v) is 3.52. The van der Waals surface area contributed by atoms with Crippen LogP contribution in [-0.2, 0) is 4.74 Å². The SMILES string of the molecule is CN(CCOCC1CC1)C(=O)NC1CCN2CCCCC12. The zero-order valence-corrected chi connectivity index (χ0v) is 13.2. The molecule has 0 bridgehead atoms. The third-order valence-electron chi connectivity index (χ3n) is 5.13. The van der Waals surface area contributed by atoms with Gasteiger partial charge in [-0.25, -0.2) is 4.79 Å². The highest BCUT2D eigenvalue weighted by Crippen LogP contribution is 2.29. The molecule has 1 saturated carbocycles. The van der Waals surface area contributed by atoms with E-state index >= 15 is 0 Å². The first-order valence-corrected chi connectivity index (χ1v) is 8.57. The van der Waals surface area contributed by atoms with E-state index in [4.69, 9.17) is 4.74 Å². The third-order valence-corrected chi connectivity index (χ3v) is 5.13. The summed E-state index contributed by atoms with van der Waals surface area (Å²) in [7, 11) is 1.86. The summed E-state index contributed by atoms with van der Waals surface area (Å²) in [5, 5.41) is 3.23. The molecule has 5 nitrogen and oxygen atoms in total. The fourth-order valence-electron chi connectivity index (χ4n) is 3.52. The minimum atomic E-state index is 0.0578. The number of piperidine rings is 1. The maximum absolute atomic E-state index is 12.3. The number of hydrogen-bond acceptors (Lipinski definition) is 3. The predicted molar refractivity (Wildman–Crippen MR) is 82.3 cm³/mol. The molecule has 21 heavy (non-hydrogen) atoms. The van der Waals surface area contributed by atoms with Crippen LogP contribution in [0.2, 0.25) is 0 Å². The van der Waals surface area contributed by atoms with Gasteiger partial charge in [0.25, 0.3) is 0 Å². The third kappa shape index (κ3) is 4.10. The zero-order valence-electron chi connectivity index (χ0n) is 13.2. The van der Waals surface area contributed by atoms with Gasteiger partial charge in [0.05, 0.1) is 6.61 Å². The summed E-state index contributed by atoms with van der Waals surface area (Å²) in [5.41, 5.74) is 0. The summed E-state index contributed by atoms with van der Waals surface area (Å²) < 4.78 is 5.60. The van der Waals surface area contributed by atoms with Crippen molar-refractivity contribution in [3.8, 4) is 0 Å². The van der Waals surface area contributed by atoms with Crippen LogP contribution >= 0.6 is 0 Å². The number of nitrogens with one attached hydrogen (secondary N) is 1. The molecular weight excluding hydrogens is 266 g/mol. The molecule has 3 fully saturated rings. The van der Waals surface area contributed by atoms with E-state index in [0.29, 0.717) is 25.2 Å². The Hall–Kier alpha value is -0.810. The van der Waals surface area contributed by atoms with Gasteiger partial charge < -0.3 is 15.0 Å². The average molecular weight is 295 g/mol. The van der Waals surface area contributed by atoms with Gasteiger partial charge in [0.2, 0.25) is 0 Å². The second-order valence-electron chi connectivity index (χ2n) is 6.88. The quantitative estimate of drug-likeness (QED) is 0.758. The lowest BCUT2D eigenvalue weighted by atomic mass is 9.99. The van der Waals surface area contributed by atoms with Crippen LogP contribution in [0.1, 0.15) is 38.5 Å². The lowest BCUT2D eigenvalue weighted by molar-refractivity contribution is 0.106. The van der Waals surface area contributed by atoms with Gasteiger partial charge in [0, 0.05) is 38.8 Å². The number of amides is 2. The monoisotopic (exact) mass is 295 g/mol. The van der Waals surface area contributed by atoms with Gasteiger partial charge in [-0.15, -0.1) is 0 Å². The van der Waals surface area contributed by atoms with Gasteiger partial charge in [-0.3, -0.25) is 4.90 Å². The highest BCUT2D eigenvalue weighted by atomic mass is 16.5. The summed E-state index contributed by atoms with van der Waals surface area (Å²) in [6.45, 7) is 4.56. The maximum atomic E-state index is 12.3. The van der Waals surface area contributed by atoms with Crippen LogP contribution in [0.15, 0.2) is 0 Å². The van der Waals surface area contributed by atoms with E-state index in [1.165, 1.54) is 38.6 Å². The van der Waals surface area contributed by atoms with Crippen molar-refractivity contribution in [2.45, 2.75) is 50.6 Å². The molecule has 2 heterocycles. The minimum Gasteiger partial charge on any atom is -0.379 e. The molecule has 2 unspecified atom stereocenters. The molecule has 3 rings (SSSR count). The van der Waals surface area contributed by atoms with Gasteiger partial charge in [0.15, 0.2) is 0 Å². The predicted octanol–water partition coefficient (Wildman–Crippen LogP) is 1.68. The van der Waals surface area contributed by atoms with Gasteiger partial charge in [0.1, 0.15) is 0 Å². The van der Waals surface area contributed by atoms with E-state index in [0.717, 1.165) is 25.5 Å². The molecular formula is C16H29N3O2. The number of urea groups is 1. The van der Waals surface area contributed by atoms with E-state index in [1.807, 2.05) is 7.05 Å². The molecule has 3 aliphatic rings. The van der Waals surface area contributed by atoms with E-state index < -0.39 is 0 Å². The molecule has 2 aliphatic heterocycles. The Kier molecular flexibility index (Phi) is 5.01. The Morgan fingerprint density at radius 2 is 2.10 bits per heavy atom. The number of rotatable bonds is 6. The van der Waals surface area contributed by atoms with Crippen LogP contribution in [0.4, 0.5) is 4.79 Å². The number of carbonyl (C=O) groups excluding carboxylic acids is 1. The van der Waals surface area contributed by atoms with Gasteiger partial charge >= 0.3 is 6.03 Å². The zero-order chi connectivity index (χ0) is 14.7. The van der Waals surface area contributed by atoms with Crippen molar-refractivity contribution in [2.24, 2.45) is 5.92 Å². The van der Waals surface area contributed by atoms with Crippen molar-refractivity contribution in [3.05, 3.63) is 0 Å². The summed E-state index contributed by atoms with van der Waals surface area (Å²) in [6, 6.07) is 0.970. The van der Waals surface area contributed by atoms with Crippen LogP contribution in [0.3, 0.4) is 0 Å². The van der Waals surface area contributed by atoms with Crippen LogP contribution in [0.5, 0.6) is 0 Å². The van der Waals surface area contributed by atoms with Crippen molar-refractivity contribution in [2.75, 3.05) is 39.9 Å². The molecule has 5 heteroatoms. The average Bonchev–Trinajstić information content (AvgIpc) is 3.24. The highest BCUT2D eigenvalue weighted by molar-refractivity contribution is 5.74. The Balaban J connectivity index is 1.36. The summed E-state index contributed by atoms with van der Waals surface area (Å²) in [5.74, 6) is 0.792. The molecule has 1 N–H and O–H groups in total. The van der Waals surface area contributed by atoms with Crippen LogP contribution in [0.25, 0.3) is 0 Å². The summed E-state index contributed by atoms with van der Waals surface area (Å²) >= 11 is 0. The van der Waals surface area contributed by atoms with Crippen molar-refractivity contribution in [1.82, 2.24) is 15.1 Å². The number of nitrogens with zero attached hydrogens (tertiary/aromatic N) is 2. The van der Waals surface area contributed by atoms with E-state index in [2.05, 4.69) is 10.2 Å². The Bertz CT molecular complexity index is 359. The molecule has 0 radical (unpaired) electrons. The van der Waals surface area contributed by atoms with E-state index in [9.17, 15) is 4.79 Å². The topological polar surface area (TPSA) is 44.8 Å². The van der Waals surface area contributed by atoms with Gasteiger partial charge in [-0.2, -0.15) is 0 Å². The molecule has 2 saturated heterocycles. The Labute approximate surface area is 128 Å². The number of hydrogen-bond donors (Lipinski definition) is 1. The lowest BCUT2D eigenvalue weighted by Crippen LogP contribution is -2.50. The van der Waals surface area contributed by atoms with Crippen LogP contribution in [0, 0.1) is 5.92 Å². The van der Waals surface area contributed by atoms with Gasteiger partial charge in [-0.1, -0.05) is 6.42 Å². The van der Waals surface area contributed by atoms with Gasteiger partial charge in [-0.05, 0) is 44.6 Å². The Morgan fingerprint density at radius 3 is 2.90 bits per heavy atom. The first kappa shape index (κ1) is 15.1. The first-order chi connectivity index (χ1) is 10.2. The highest BCUT2D eigenvalue weighted by Gasteiger charge is 2.36. The maximum Gasteiger partial charge on any atom is 0.317 e. The van der Waals surface area contributed by atoms with Crippen LogP contribution < -0.4 is 5.32 Å². The van der Waals surface area contributed by atoms with Crippen molar-refractivity contribution >= 4 is 6.03 Å². The van der Waals surface area contributed by atoms with Crippen molar-refractivity contribution < 1.29 is 9.53 Å². The lowest BCUT2D eigenvalue weighted by Gasteiger charge is -2.33. The first-order valence-electron chi connectivity index (χ1n) is 8.57. The van der Waals surface area contributed by atoms with Crippen molar-refractivity contribution in [1.29, 1.82) is 0 Å².